The summed E-state index contributed by atoms with van der Waals surface area (Å²) in [5.74, 6) is -3.92. The van der Waals surface area contributed by atoms with Gasteiger partial charge in [0, 0.05) is 6.42 Å². The SMILES string of the molecule is COC(=O)C(COC[C@@H](N)C(=O)OC)=NC(=O)CC[C@@H](NC(=O)OC(C)(C)C)C(=O)O. The highest BCUT2D eigenvalue weighted by atomic mass is 16.6. The topological polar surface area (TPSA) is 193 Å². The van der Waals surface area contributed by atoms with Crippen LogP contribution in [-0.2, 0) is 38.1 Å². The summed E-state index contributed by atoms with van der Waals surface area (Å²) in [7, 11) is 2.21. The predicted octanol–water partition coefficient (Wildman–Crippen LogP) is -0.598. The first-order valence-corrected chi connectivity index (χ1v) is 9.12. The molecule has 0 aromatic rings. The molecule has 0 aliphatic heterocycles. The third-order valence-corrected chi connectivity index (χ3v) is 3.36. The van der Waals surface area contributed by atoms with Crippen molar-refractivity contribution in [1.82, 2.24) is 5.32 Å². The van der Waals surface area contributed by atoms with E-state index in [1.807, 2.05) is 0 Å². The zero-order chi connectivity index (χ0) is 24.2. The molecule has 0 spiro atoms. The van der Waals surface area contributed by atoms with Gasteiger partial charge in [-0.05, 0) is 27.2 Å². The zero-order valence-corrected chi connectivity index (χ0v) is 18.1. The fourth-order valence-electron chi connectivity index (χ4n) is 1.94. The van der Waals surface area contributed by atoms with Gasteiger partial charge in [0.25, 0.3) is 0 Å². The molecule has 0 aromatic heterocycles. The number of methoxy groups -OCH3 is 2. The Kier molecular flexibility index (Phi) is 12.0. The van der Waals surface area contributed by atoms with Crippen LogP contribution < -0.4 is 11.1 Å². The minimum atomic E-state index is -1.41. The number of nitrogens with two attached hydrogens (primary N) is 1. The van der Waals surface area contributed by atoms with E-state index in [0.29, 0.717) is 0 Å². The van der Waals surface area contributed by atoms with E-state index in [4.69, 9.17) is 15.2 Å². The van der Waals surface area contributed by atoms with Gasteiger partial charge in [-0.25, -0.2) is 19.4 Å². The van der Waals surface area contributed by atoms with E-state index in [2.05, 4.69) is 19.8 Å². The van der Waals surface area contributed by atoms with Crippen LogP contribution in [0, 0.1) is 0 Å². The van der Waals surface area contributed by atoms with E-state index < -0.39 is 66.3 Å². The number of nitrogens with one attached hydrogen (secondary N) is 1. The largest absolute Gasteiger partial charge is 0.480 e. The van der Waals surface area contributed by atoms with Gasteiger partial charge in [0.2, 0.25) is 5.91 Å². The molecule has 13 heteroatoms. The minimum Gasteiger partial charge on any atom is -0.480 e. The summed E-state index contributed by atoms with van der Waals surface area (Å²) in [6.07, 6.45) is -1.67. The van der Waals surface area contributed by atoms with Crippen molar-refractivity contribution in [2.45, 2.75) is 51.3 Å². The first kappa shape index (κ1) is 27.9. The number of aliphatic imine (C=N–C) groups is 1. The van der Waals surface area contributed by atoms with Crippen molar-refractivity contribution in [3.8, 4) is 0 Å². The number of hydrogen-bond acceptors (Lipinski definition) is 10. The van der Waals surface area contributed by atoms with Crippen LogP contribution in [0.25, 0.3) is 0 Å². The van der Waals surface area contributed by atoms with E-state index in [9.17, 15) is 29.1 Å². The van der Waals surface area contributed by atoms with Gasteiger partial charge >= 0.3 is 24.0 Å². The Labute approximate surface area is 179 Å². The van der Waals surface area contributed by atoms with Crippen LogP contribution in [-0.4, -0.2) is 85.8 Å². The molecule has 0 fully saturated rings. The molecule has 2 atom stereocenters. The van der Waals surface area contributed by atoms with Crippen LogP contribution in [0.1, 0.15) is 33.6 Å². The summed E-state index contributed by atoms with van der Waals surface area (Å²) in [6.45, 7) is 4.03. The molecule has 0 aliphatic carbocycles. The molecular weight excluding hydrogens is 418 g/mol. The summed E-state index contributed by atoms with van der Waals surface area (Å²) < 4.78 is 19.0. The molecular formula is C18H29N3O10. The van der Waals surface area contributed by atoms with E-state index in [-0.39, 0.29) is 13.0 Å². The van der Waals surface area contributed by atoms with Crippen LogP contribution in [0.15, 0.2) is 4.99 Å². The number of carbonyl (C=O) groups is 5. The van der Waals surface area contributed by atoms with Gasteiger partial charge in [-0.1, -0.05) is 0 Å². The summed E-state index contributed by atoms with van der Waals surface area (Å²) in [6, 6.07) is -2.51. The van der Waals surface area contributed by atoms with Crippen molar-refractivity contribution in [3.63, 3.8) is 0 Å². The zero-order valence-electron chi connectivity index (χ0n) is 18.1. The summed E-state index contributed by atoms with van der Waals surface area (Å²) in [5, 5.41) is 11.4. The van der Waals surface area contributed by atoms with Crippen LogP contribution >= 0.6 is 0 Å². The fourth-order valence-corrected chi connectivity index (χ4v) is 1.94. The second-order valence-electron chi connectivity index (χ2n) is 7.16. The maximum Gasteiger partial charge on any atom is 0.408 e. The fraction of sp³-hybridized carbons (Fsp3) is 0.667. The van der Waals surface area contributed by atoms with Gasteiger partial charge in [0.1, 0.15) is 17.7 Å². The normalized spacial score (nSPS) is 13.5. The van der Waals surface area contributed by atoms with Crippen molar-refractivity contribution in [2.24, 2.45) is 10.7 Å². The van der Waals surface area contributed by atoms with E-state index >= 15 is 0 Å². The molecule has 13 nitrogen and oxygen atoms in total. The number of alkyl carbamates (subject to hydrolysis) is 1. The standard InChI is InChI=1S/C18H29N3O10/c1-18(2,3)31-17(27)21-11(14(23)24)6-7-13(22)20-12(16(26)29-5)9-30-8-10(19)15(25)28-4/h10-11H,6-9,19H2,1-5H3,(H,21,27)(H,23,24)/t10-,11-/m1/s1. The average Bonchev–Trinajstić information content (AvgIpc) is 2.67. The number of aliphatic carboxylic acids is 1. The van der Waals surface area contributed by atoms with Gasteiger partial charge in [0.05, 0.1) is 27.4 Å². The Morgan fingerprint density at radius 1 is 1.10 bits per heavy atom. The highest BCUT2D eigenvalue weighted by Gasteiger charge is 2.25. The maximum absolute atomic E-state index is 12.1. The Bertz CT molecular complexity index is 699. The predicted molar refractivity (Wildman–Crippen MR) is 105 cm³/mol. The molecule has 0 aliphatic rings. The first-order valence-electron chi connectivity index (χ1n) is 9.12. The lowest BCUT2D eigenvalue weighted by molar-refractivity contribution is -0.143. The second-order valence-corrected chi connectivity index (χ2v) is 7.16. The molecule has 0 unspecified atom stereocenters. The van der Waals surface area contributed by atoms with Crippen LogP contribution in [0.3, 0.4) is 0 Å². The van der Waals surface area contributed by atoms with Crippen molar-refractivity contribution in [2.75, 3.05) is 27.4 Å². The molecule has 176 valence electrons. The average molecular weight is 447 g/mol. The maximum atomic E-state index is 12.1. The van der Waals surface area contributed by atoms with Gasteiger partial charge in [-0.15, -0.1) is 0 Å². The van der Waals surface area contributed by atoms with Gasteiger partial charge < -0.3 is 35.1 Å². The monoisotopic (exact) mass is 447 g/mol. The molecule has 0 saturated carbocycles. The first-order chi connectivity index (χ1) is 14.3. The summed E-state index contributed by atoms with van der Waals surface area (Å²) >= 11 is 0. The minimum absolute atomic E-state index is 0.306. The van der Waals surface area contributed by atoms with E-state index in [1.165, 1.54) is 0 Å². The van der Waals surface area contributed by atoms with Crippen LogP contribution in [0.5, 0.6) is 0 Å². The van der Waals surface area contributed by atoms with E-state index in [1.54, 1.807) is 20.8 Å². The molecule has 0 saturated heterocycles. The molecule has 2 amide bonds. The molecule has 0 aromatic carbocycles. The number of carboxylic acid groups (broad SMARTS) is 1. The lowest BCUT2D eigenvalue weighted by atomic mass is 10.1. The number of carbonyl (C=O) groups excluding carboxylic acids is 4. The van der Waals surface area contributed by atoms with Crippen LogP contribution in [0.2, 0.25) is 0 Å². The van der Waals surface area contributed by atoms with Gasteiger partial charge in [-0.3, -0.25) is 9.59 Å². The summed E-state index contributed by atoms with van der Waals surface area (Å²) in [5.41, 5.74) is 4.25. The van der Waals surface area contributed by atoms with Crippen molar-refractivity contribution in [3.05, 3.63) is 0 Å². The Balaban J connectivity index is 4.94. The number of rotatable bonds is 11. The molecule has 0 heterocycles. The number of carboxylic acids is 1. The van der Waals surface area contributed by atoms with Crippen molar-refractivity contribution < 1.29 is 48.0 Å². The lowest BCUT2D eigenvalue weighted by Gasteiger charge is -2.21. The number of esters is 2. The Morgan fingerprint density at radius 3 is 2.19 bits per heavy atom. The quantitative estimate of drug-likeness (QED) is 0.208. The highest BCUT2D eigenvalue weighted by molar-refractivity contribution is 6.38. The van der Waals surface area contributed by atoms with Gasteiger partial charge in [-0.2, -0.15) is 0 Å². The molecule has 4 N–H and O–H groups in total. The molecule has 0 radical (unpaired) electrons. The Hall–Kier alpha value is -3.06. The number of ether oxygens (including phenoxy) is 4. The second kappa shape index (κ2) is 13.3. The smallest absolute Gasteiger partial charge is 0.408 e. The number of nitrogens with zero attached hydrogens (tertiary/aromatic N) is 1. The highest BCUT2D eigenvalue weighted by Crippen LogP contribution is 2.08. The third-order valence-electron chi connectivity index (χ3n) is 3.36. The Morgan fingerprint density at radius 2 is 1.71 bits per heavy atom. The third kappa shape index (κ3) is 12.3. The number of amides is 2. The number of hydrogen-bond donors (Lipinski definition) is 3. The van der Waals surface area contributed by atoms with Gasteiger partial charge in [0.15, 0.2) is 5.71 Å². The molecule has 31 heavy (non-hydrogen) atoms. The molecule has 0 bridgehead atoms. The van der Waals surface area contributed by atoms with Crippen molar-refractivity contribution in [1.29, 1.82) is 0 Å². The van der Waals surface area contributed by atoms with Crippen LogP contribution in [0.4, 0.5) is 4.79 Å². The molecule has 0 rings (SSSR count). The lowest BCUT2D eigenvalue weighted by Crippen LogP contribution is -2.43. The van der Waals surface area contributed by atoms with Crippen molar-refractivity contribution >= 4 is 35.6 Å². The van der Waals surface area contributed by atoms with E-state index in [0.717, 1.165) is 14.2 Å². The summed E-state index contributed by atoms with van der Waals surface area (Å²) in [4.78, 5) is 61.7.